The van der Waals surface area contributed by atoms with Crippen LogP contribution in [-0.2, 0) is 6.54 Å². The zero-order chi connectivity index (χ0) is 21.8. The summed E-state index contributed by atoms with van der Waals surface area (Å²) in [5, 5.41) is 10.8. The summed E-state index contributed by atoms with van der Waals surface area (Å²) in [5.74, 6) is 0.939. The molecule has 7 heteroatoms. The summed E-state index contributed by atoms with van der Waals surface area (Å²) in [6.07, 6.45) is 1.77. The van der Waals surface area contributed by atoms with Gasteiger partial charge in [0.05, 0.1) is 35.6 Å². The minimum atomic E-state index is -0.188. The van der Waals surface area contributed by atoms with Gasteiger partial charge in [0.1, 0.15) is 11.4 Å². The Balaban J connectivity index is 1.63. The van der Waals surface area contributed by atoms with Crippen molar-refractivity contribution in [1.82, 2.24) is 20.1 Å². The predicted molar refractivity (Wildman–Crippen MR) is 123 cm³/mol. The van der Waals surface area contributed by atoms with Crippen LogP contribution in [0.3, 0.4) is 0 Å². The summed E-state index contributed by atoms with van der Waals surface area (Å²) in [6.45, 7) is 4.60. The summed E-state index contributed by atoms with van der Waals surface area (Å²) in [4.78, 5) is 17.7. The highest BCUT2D eigenvalue weighted by Crippen LogP contribution is 2.26. The number of amides is 1. The standard InChI is InChI=1S/C24H24N4O2S/c1-16(2)24-26-18(15-31-24)13-25-23(29)21-14-28(19-7-5-4-6-8-19)27-22(21)17-9-11-20(30-3)12-10-17/h4-12,14-16H,13H2,1-3H3,(H,25,29). The van der Waals surface area contributed by atoms with Gasteiger partial charge in [-0.05, 0) is 36.4 Å². The number of nitrogens with one attached hydrogen (secondary N) is 1. The first-order valence-electron chi connectivity index (χ1n) is 10.1. The molecule has 0 saturated heterocycles. The Morgan fingerprint density at radius 3 is 2.52 bits per heavy atom. The van der Waals surface area contributed by atoms with Crippen LogP contribution in [0.4, 0.5) is 0 Å². The van der Waals surface area contributed by atoms with E-state index in [1.807, 2.05) is 60.0 Å². The van der Waals surface area contributed by atoms with Gasteiger partial charge in [-0.25, -0.2) is 9.67 Å². The Labute approximate surface area is 185 Å². The van der Waals surface area contributed by atoms with Gasteiger partial charge in [-0.3, -0.25) is 4.79 Å². The minimum absolute atomic E-state index is 0.188. The molecule has 0 aliphatic carbocycles. The SMILES string of the molecule is COc1ccc(-c2nn(-c3ccccc3)cc2C(=O)NCc2csc(C(C)C)n2)cc1. The van der Waals surface area contributed by atoms with Crippen LogP contribution in [0.5, 0.6) is 5.75 Å². The monoisotopic (exact) mass is 432 g/mol. The number of para-hydroxylation sites is 1. The number of rotatable bonds is 7. The second-order valence-electron chi connectivity index (χ2n) is 7.41. The van der Waals surface area contributed by atoms with E-state index in [1.54, 1.807) is 29.3 Å². The van der Waals surface area contributed by atoms with Gasteiger partial charge in [0.2, 0.25) is 0 Å². The maximum Gasteiger partial charge on any atom is 0.255 e. The Kier molecular flexibility index (Phi) is 6.13. The molecule has 0 spiro atoms. The van der Waals surface area contributed by atoms with Gasteiger partial charge in [-0.2, -0.15) is 5.10 Å². The fourth-order valence-electron chi connectivity index (χ4n) is 3.15. The molecule has 1 amide bonds. The van der Waals surface area contributed by atoms with E-state index in [9.17, 15) is 4.79 Å². The summed E-state index contributed by atoms with van der Waals surface area (Å²) in [7, 11) is 1.63. The molecule has 0 fully saturated rings. The molecule has 0 unspecified atom stereocenters. The van der Waals surface area contributed by atoms with Gasteiger partial charge < -0.3 is 10.1 Å². The number of aromatic nitrogens is 3. The number of benzene rings is 2. The molecular formula is C24H24N4O2S. The Hall–Kier alpha value is -3.45. The Morgan fingerprint density at radius 1 is 1.13 bits per heavy atom. The fourth-order valence-corrected chi connectivity index (χ4v) is 3.99. The molecule has 31 heavy (non-hydrogen) atoms. The van der Waals surface area contributed by atoms with Gasteiger partial charge in [0, 0.05) is 23.1 Å². The molecule has 0 aliphatic heterocycles. The second kappa shape index (κ2) is 9.14. The molecule has 0 saturated carbocycles. The van der Waals surface area contributed by atoms with Crippen LogP contribution >= 0.6 is 11.3 Å². The molecule has 6 nitrogen and oxygen atoms in total. The van der Waals surface area contributed by atoms with E-state index in [0.29, 0.717) is 23.7 Å². The summed E-state index contributed by atoms with van der Waals surface area (Å²) in [6, 6.07) is 17.3. The lowest BCUT2D eigenvalue weighted by Crippen LogP contribution is -2.23. The van der Waals surface area contributed by atoms with Gasteiger partial charge in [0.15, 0.2) is 0 Å². The van der Waals surface area contributed by atoms with E-state index < -0.39 is 0 Å². The molecule has 1 N–H and O–H groups in total. The Morgan fingerprint density at radius 2 is 1.87 bits per heavy atom. The molecule has 0 atom stereocenters. The van der Waals surface area contributed by atoms with E-state index in [4.69, 9.17) is 9.84 Å². The normalized spacial score (nSPS) is 11.0. The van der Waals surface area contributed by atoms with Crippen molar-refractivity contribution < 1.29 is 9.53 Å². The average Bonchev–Trinajstić information content (AvgIpc) is 3.46. The number of hydrogen-bond acceptors (Lipinski definition) is 5. The van der Waals surface area contributed by atoms with Crippen LogP contribution in [0.1, 0.15) is 40.8 Å². The first-order valence-corrected chi connectivity index (χ1v) is 10.9. The number of thiazole rings is 1. The van der Waals surface area contributed by atoms with Crippen molar-refractivity contribution >= 4 is 17.2 Å². The lowest BCUT2D eigenvalue weighted by molar-refractivity contribution is 0.0951. The second-order valence-corrected chi connectivity index (χ2v) is 8.30. The molecule has 0 bridgehead atoms. The zero-order valence-electron chi connectivity index (χ0n) is 17.7. The van der Waals surface area contributed by atoms with E-state index in [2.05, 4.69) is 24.1 Å². The van der Waals surface area contributed by atoms with Crippen molar-refractivity contribution in [2.24, 2.45) is 0 Å². The van der Waals surface area contributed by atoms with Crippen molar-refractivity contribution in [3.8, 4) is 22.7 Å². The predicted octanol–water partition coefficient (Wildman–Crippen LogP) is 5.06. The molecular weight excluding hydrogens is 408 g/mol. The van der Waals surface area contributed by atoms with Crippen LogP contribution in [0.25, 0.3) is 16.9 Å². The van der Waals surface area contributed by atoms with Gasteiger partial charge in [0.25, 0.3) is 5.91 Å². The number of methoxy groups -OCH3 is 1. The van der Waals surface area contributed by atoms with Crippen molar-refractivity contribution in [3.05, 3.63) is 82.4 Å². The summed E-state index contributed by atoms with van der Waals surface area (Å²) < 4.78 is 6.98. The first-order chi connectivity index (χ1) is 15.0. The molecule has 0 aliphatic rings. The molecule has 2 aromatic carbocycles. The quantitative estimate of drug-likeness (QED) is 0.443. The van der Waals surface area contributed by atoms with Crippen molar-refractivity contribution in [2.45, 2.75) is 26.3 Å². The van der Waals surface area contributed by atoms with Crippen LogP contribution in [0.15, 0.2) is 66.2 Å². The average molecular weight is 433 g/mol. The molecule has 4 aromatic rings. The highest BCUT2D eigenvalue weighted by atomic mass is 32.1. The number of carbonyl (C=O) groups excluding carboxylic acids is 1. The third kappa shape index (κ3) is 4.67. The molecule has 2 aromatic heterocycles. The maximum atomic E-state index is 13.1. The topological polar surface area (TPSA) is 69.0 Å². The Bertz CT molecular complexity index is 1160. The fraction of sp³-hybridized carbons (Fsp3) is 0.208. The zero-order valence-corrected chi connectivity index (χ0v) is 18.5. The third-order valence-corrected chi connectivity index (χ3v) is 6.03. The van der Waals surface area contributed by atoms with Gasteiger partial charge in [-0.1, -0.05) is 32.0 Å². The number of ether oxygens (including phenoxy) is 1. The number of hydrogen-bond donors (Lipinski definition) is 1. The highest BCUT2D eigenvalue weighted by molar-refractivity contribution is 7.09. The highest BCUT2D eigenvalue weighted by Gasteiger charge is 2.19. The van der Waals surface area contributed by atoms with Crippen molar-refractivity contribution in [1.29, 1.82) is 0 Å². The number of carbonyl (C=O) groups is 1. The third-order valence-electron chi connectivity index (χ3n) is 4.84. The minimum Gasteiger partial charge on any atom is -0.497 e. The van der Waals surface area contributed by atoms with E-state index in [1.165, 1.54) is 0 Å². The van der Waals surface area contributed by atoms with E-state index in [-0.39, 0.29) is 5.91 Å². The lowest BCUT2D eigenvalue weighted by Gasteiger charge is -2.05. The summed E-state index contributed by atoms with van der Waals surface area (Å²) in [5.41, 5.74) is 3.72. The van der Waals surface area contributed by atoms with E-state index >= 15 is 0 Å². The molecule has 0 radical (unpaired) electrons. The number of nitrogens with zero attached hydrogens (tertiary/aromatic N) is 3. The molecule has 4 rings (SSSR count). The van der Waals surface area contributed by atoms with Crippen LogP contribution in [0, 0.1) is 0 Å². The first kappa shape index (κ1) is 20.8. The molecule has 158 valence electrons. The lowest BCUT2D eigenvalue weighted by atomic mass is 10.1. The van der Waals surface area contributed by atoms with Crippen molar-refractivity contribution in [3.63, 3.8) is 0 Å². The van der Waals surface area contributed by atoms with E-state index in [0.717, 1.165) is 27.7 Å². The van der Waals surface area contributed by atoms with Crippen LogP contribution in [-0.4, -0.2) is 27.8 Å². The largest absolute Gasteiger partial charge is 0.497 e. The summed E-state index contributed by atoms with van der Waals surface area (Å²) >= 11 is 1.62. The molecule has 2 heterocycles. The van der Waals surface area contributed by atoms with Crippen LogP contribution in [0.2, 0.25) is 0 Å². The van der Waals surface area contributed by atoms with Gasteiger partial charge >= 0.3 is 0 Å². The van der Waals surface area contributed by atoms with Crippen LogP contribution < -0.4 is 10.1 Å². The van der Waals surface area contributed by atoms with Gasteiger partial charge in [-0.15, -0.1) is 11.3 Å². The maximum absolute atomic E-state index is 13.1. The van der Waals surface area contributed by atoms with Crippen molar-refractivity contribution in [2.75, 3.05) is 7.11 Å². The smallest absolute Gasteiger partial charge is 0.255 e.